The van der Waals surface area contributed by atoms with E-state index >= 15 is 0 Å². The Morgan fingerprint density at radius 2 is 1.76 bits per heavy atom. The highest BCUT2D eigenvalue weighted by molar-refractivity contribution is 7.92. The van der Waals surface area contributed by atoms with E-state index in [2.05, 4.69) is 4.98 Å². The van der Waals surface area contributed by atoms with E-state index in [4.69, 9.17) is 10.6 Å². The molecule has 4 N–H and O–H groups in total. The molecule has 1 heterocycles. The summed E-state index contributed by atoms with van der Waals surface area (Å²) in [4.78, 5) is 27.9. The molecular weight excluding hydrogens is 444 g/mol. The van der Waals surface area contributed by atoms with E-state index in [-0.39, 0.29) is 5.41 Å². The number of hydrazine groups is 1. The summed E-state index contributed by atoms with van der Waals surface area (Å²) in [7, 11) is -2.10. The van der Waals surface area contributed by atoms with Gasteiger partial charge < -0.3 is 4.74 Å². The van der Waals surface area contributed by atoms with Crippen molar-refractivity contribution in [2.24, 2.45) is 5.84 Å². The van der Waals surface area contributed by atoms with Crippen LogP contribution >= 0.6 is 0 Å². The van der Waals surface area contributed by atoms with Crippen molar-refractivity contribution in [3.8, 4) is 22.6 Å². The molecule has 0 unspecified atom stereocenters. The maximum absolute atomic E-state index is 12.4. The van der Waals surface area contributed by atoms with Gasteiger partial charge >= 0.3 is 5.69 Å². The third-order valence-corrected chi connectivity index (χ3v) is 5.84. The Bertz CT molecular complexity index is 1410. The van der Waals surface area contributed by atoms with Crippen molar-refractivity contribution >= 4 is 16.1 Å². The van der Waals surface area contributed by atoms with Crippen molar-refractivity contribution in [1.82, 2.24) is 14.4 Å². The molecule has 3 rings (SSSR count). The van der Waals surface area contributed by atoms with E-state index in [0.717, 1.165) is 22.1 Å². The zero-order valence-corrected chi connectivity index (χ0v) is 19.6. The minimum absolute atomic E-state index is 0.311. The van der Waals surface area contributed by atoms with Gasteiger partial charge in [0.15, 0.2) is 0 Å². The molecule has 0 saturated heterocycles. The van der Waals surface area contributed by atoms with E-state index in [0.29, 0.717) is 17.0 Å². The average Bonchev–Trinajstić information content (AvgIpc) is 2.76. The first-order chi connectivity index (χ1) is 15.4. The predicted octanol–water partition coefficient (Wildman–Crippen LogP) is 2.26. The van der Waals surface area contributed by atoms with Crippen LogP contribution in [0.4, 0.5) is 0 Å². The van der Waals surface area contributed by atoms with Gasteiger partial charge in [-0.3, -0.25) is 20.2 Å². The maximum atomic E-state index is 12.4. The molecule has 10 heteroatoms. The number of sulfonamides is 1. The minimum Gasteiger partial charge on any atom is -0.496 e. The largest absolute Gasteiger partial charge is 0.496 e. The Morgan fingerprint density at radius 3 is 2.30 bits per heavy atom. The molecular formula is C23H26N4O5S. The molecule has 0 fully saturated rings. The summed E-state index contributed by atoms with van der Waals surface area (Å²) in [6, 6.07) is 12.1. The smallest absolute Gasteiger partial charge is 0.332 e. The molecule has 0 atom stereocenters. The fourth-order valence-corrected chi connectivity index (χ4v) is 3.76. The van der Waals surface area contributed by atoms with E-state index < -0.39 is 21.3 Å². The summed E-state index contributed by atoms with van der Waals surface area (Å²) >= 11 is 0. The monoisotopic (exact) mass is 470 g/mol. The highest BCUT2D eigenvalue weighted by Gasteiger charge is 2.24. The lowest BCUT2D eigenvalue weighted by Crippen LogP contribution is -2.28. The first-order valence-electron chi connectivity index (χ1n) is 10.0. The Kier molecular flexibility index (Phi) is 6.73. The lowest BCUT2D eigenvalue weighted by molar-refractivity contribution is 0.399. The number of aromatic nitrogens is 2. The fraction of sp³-hybridized carbons (Fsp3) is 0.217. The van der Waals surface area contributed by atoms with Crippen LogP contribution in [0.15, 0.2) is 63.7 Å². The molecule has 0 aliphatic rings. The number of nitrogens with two attached hydrogens (primary N) is 1. The van der Waals surface area contributed by atoms with Gasteiger partial charge in [0.25, 0.3) is 5.56 Å². The van der Waals surface area contributed by atoms with Crippen molar-refractivity contribution in [3.63, 3.8) is 0 Å². The van der Waals surface area contributed by atoms with Crippen LogP contribution in [0.2, 0.25) is 0 Å². The van der Waals surface area contributed by atoms with Gasteiger partial charge in [-0.25, -0.2) is 13.2 Å². The zero-order chi connectivity index (χ0) is 24.4. The maximum Gasteiger partial charge on any atom is 0.332 e. The van der Waals surface area contributed by atoms with Crippen molar-refractivity contribution < 1.29 is 13.2 Å². The number of aromatic amines is 1. The summed E-state index contributed by atoms with van der Waals surface area (Å²) in [5.74, 6) is 5.64. The van der Waals surface area contributed by atoms with Crippen molar-refractivity contribution in [3.05, 3.63) is 86.0 Å². The molecule has 0 bridgehead atoms. The van der Waals surface area contributed by atoms with Gasteiger partial charge in [-0.1, -0.05) is 45.0 Å². The molecule has 0 spiro atoms. The predicted molar refractivity (Wildman–Crippen MR) is 129 cm³/mol. The molecule has 33 heavy (non-hydrogen) atoms. The molecule has 3 aromatic rings. The Hall–Kier alpha value is -3.47. The summed E-state index contributed by atoms with van der Waals surface area (Å²) < 4.78 is 30.2. The molecule has 0 aliphatic carbocycles. The second-order valence-electron chi connectivity index (χ2n) is 8.39. The van der Waals surface area contributed by atoms with Crippen LogP contribution in [-0.4, -0.2) is 25.1 Å². The van der Waals surface area contributed by atoms with Gasteiger partial charge in [0, 0.05) is 28.8 Å². The van der Waals surface area contributed by atoms with Crippen LogP contribution < -0.4 is 26.7 Å². The van der Waals surface area contributed by atoms with Gasteiger partial charge in [0.2, 0.25) is 10.0 Å². The fourth-order valence-electron chi connectivity index (χ4n) is 3.35. The second kappa shape index (κ2) is 9.18. The first-order valence-corrected chi connectivity index (χ1v) is 11.6. The number of nitrogens with one attached hydrogen (secondary N) is 2. The van der Waals surface area contributed by atoms with Gasteiger partial charge in [-0.05, 0) is 34.8 Å². The van der Waals surface area contributed by atoms with E-state index in [1.165, 1.54) is 22.9 Å². The topological polar surface area (TPSA) is 136 Å². The highest BCUT2D eigenvalue weighted by Crippen LogP contribution is 2.41. The normalized spacial score (nSPS) is 12.3. The summed E-state index contributed by atoms with van der Waals surface area (Å²) in [5, 5.41) is 0.976. The number of ether oxygens (including phenoxy) is 1. The number of hydrogen-bond donors (Lipinski definition) is 3. The number of rotatable bonds is 6. The van der Waals surface area contributed by atoms with Gasteiger partial charge in [0.05, 0.1) is 12.8 Å². The molecule has 1 aromatic heterocycles. The van der Waals surface area contributed by atoms with Gasteiger partial charge in [-0.15, -0.1) is 0 Å². The van der Waals surface area contributed by atoms with Crippen LogP contribution in [0.1, 0.15) is 31.9 Å². The number of benzene rings is 2. The molecule has 2 aromatic carbocycles. The number of methoxy groups -OCH3 is 1. The lowest BCUT2D eigenvalue weighted by atomic mass is 9.83. The van der Waals surface area contributed by atoms with Crippen LogP contribution in [0.5, 0.6) is 5.75 Å². The van der Waals surface area contributed by atoms with Gasteiger partial charge in [-0.2, -0.15) is 4.83 Å². The van der Waals surface area contributed by atoms with E-state index in [1.54, 1.807) is 30.1 Å². The minimum atomic E-state index is -3.69. The average molecular weight is 471 g/mol. The standard InChI is InChI=1S/C23H26N4O5S/c1-23(2,3)19-14-17(27-11-9-20(28)25-22(27)29)13-18(21(19)32-4)16-7-5-15(6-8-16)10-12-33(30,31)26-24/h5-14,26H,24H2,1-4H3,(H,25,28,29)/b12-10+. The number of nitrogens with zero attached hydrogens (tertiary/aromatic N) is 1. The summed E-state index contributed by atoms with van der Waals surface area (Å²) in [5.41, 5.74) is 2.30. The summed E-state index contributed by atoms with van der Waals surface area (Å²) in [6.07, 6.45) is 2.85. The number of hydrogen-bond acceptors (Lipinski definition) is 6. The zero-order valence-electron chi connectivity index (χ0n) is 18.7. The van der Waals surface area contributed by atoms with Crippen LogP contribution in [-0.2, 0) is 15.4 Å². The number of H-pyrrole nitrogens is 1. The molecule has 174 valence electrons. The molecule has 0 radical (unpaired) electrons. The van der Waals surface area contributed by atoms with Crippen LogP contribution in [0.3, 0.4) is 0 Å². The lowest BCUT2D eigenvalue weighted by Gasteiger charge is -2.25. The highest BCUT2D eigenvalue weighted by atomic mass is 32.2. The third-order valence-electron chi connectivity index (χ3n) is 5.01. The molecule has 0 aliphatic heterocycles. The van der Waals surface area contributed by atoms with E-state index in [1.807, 2.05) is 39.0 Å². The van der Waals surface area contributed by atoms with Crippen LogP contribution in [0.25, 0.3) is 22.9 Å². The quantitative estimate of drug-likeness (QED) is 0.373. The van der Waals surface area contributed by atoms with E-state index in [9.17, 15) is 18.0 Å². The first kappa shape index (κ1) is 24.2. The Labute approximate surface area is 191 Å². The van der Waals surface area contributed by atoms with Crippen molar-refractivity contribution in [1.29, 1.82) is 0 Å². The molecule has 0 saturated carbocycles. The third kappa shape index (κ3) is 5.48. The van der Waals surface area contributed by atoms with Gasteiger partial charge in [0.1, 0.15) is 5.75 Å². The Balaban J connectivity index is 2.20. The molecule has 0 amide bonds. The summed E-state index contributed by atoms with van der Waals surface area (Å²) in [6.45, 7) is 6.11. The Morgan fingerprint density at radius 1 is 1.09 bits per heavy atom. The SMILES string of the molecule is COc1c(-c2ccc(/C=C/S(=O)(=O)NN)cc2)cc(-n2ccc(=O)[nH]c2=O)cc1C(C)(C)C. The molecule has 9 nitrogen and oxygen atoms in total. The van der Waals surface area contributed by atoms with Crippen molar-refractivity contribution in [2.45, 2.75) is 26.2 Å². The second-order valence-corrected chi connectivity index (χ2v) is 9.99. The van der Waals surface area contributed by atoms with Crippen LogP contribution in [0, 0.1) is 0 Å². The van der Waals surface area contributed by atoms with Crippen molar-refractivity contribution in [2.75, 3.05) is 7.11 Å².